The zero-order valence-corrected chi connectivity index (χ0v) is 19.3. The molecular weight excluding hydrogens is 441 g/mol. The molecule has 180 valence electrons. The van der Waals surface area contributed by atoms with E-state index in [0.29, 0.717) is 16.9 Å². The largest absolute Gasteiger partial charge is 0.416 e. The van der Waals surface area contributed by atoms with Gasteiger partial charge in [0.2, 0.25) is 5.91 Å². The molecule has 0 spiro atoms. The van der Waals surface area contributed by atoms with E-state index in [1.165, 1.54) is 12.1 Å². The predicted octanol–water partition coefficient (Wildman–Crippen LogP) is 6.73. The van der Waals surface area contributed by atoms with Gasteiger partial charge >= 0.3 is 6.18 Å². The number of carbonyl (C=O) groups excluding carboxylic acids is 1. The first-order valence-electron chi connectivity index (χ1n) is 11.3. The van der Waals surface area contributed by atoms with Crippen LogP contribution < -0.4 is 10.6 Å². The highest BCUT2D eigenvalue weighted by atomic mass is 19.4. The van der Waals surface area contributed by atoms with Gasteiger partial charge in [0, 0.05) is 35.7 Å². The van der Waals surface area contributed by atoms with E-state index in [1.807, 2.05) is 18.2 Å². The minimum absolute atomic E-state index is 0.250. The van der Waals surface area contributed by atoms with Crippen molar-refractivity contribution in [1.29, 1.82) is 0 Å². The van der Waals surface area contributed by atoms with Crippen molar-refractivity contribution in [2.75, 3.05) is 10.6 Å². The van der Waals surface area contributed by atoms with E-state index in [2.05, 4.69) is 36.0 Å². The molecule has 0 aliphatic rings. The lowest BCUT2D eigenvalue weighted by molar-refractivity contribution is -0.137. The van der Waals surface area contributed by atoms with E-state index >= 15 is 0 Å². The first-order valence-corrected chi connectivity index (χ1v) is 11.3. The summed E-state index contributed by atoms with van der Waals surface area (Å²) in [4.78, 5) is 16.3. The second-order valence-electron chi connectivity index (χ2n) is 8.12. The lowest BCUT2D eigenvalue weighted by atomic mass is 10.1. The minimum Gasteiger partial charge on any atom is -0.382 e. The molecule has 1 aromatic heterocycles. The molecule has 5 nitrogen and oxygen atoms in total. The number of nitrogens with one attached hydrogen (secondary N) is 2. The Hall–Kier alpha value is -3.55. The van der Waals surface area contributed by atoms with Crippen molar-refractivity contribution in [1.82, 2.24) is 9.55 Å². The molecular formula is C26H29F3N4O. The average Bonchev–Trinajstić information content (AvgIpc) is 3.27. The highest BCUT2D eigenvalue weighted by Gasteiger charge is 2.30. The van der Waals surface area contributed by atoms with E-state index < -0.39 is 11.7 Å². The monoisotopic (exact) mass is 470 g/mol. The van der Waals surface area contributed by atoms with Crippen molar-refractivity contribution >= 4 is 17.3 Å². The van der Waals surface area contributed by atoms with Gasteiger partial charge in [0.15, 0.2) is 0 Å². The standard InChI is InChI=1S/C26H29F3N4O/c1-4-8-20(5-2)31-23-12-11-21(32-25(34)6-3)14-22(23)24-16-33(17-30-24)15-18-9-7-10-19(13-18)26(27,28)29/h6-7,9-14,16-17,20,31H,3-5,8,15H2,1-2H3,(H,32,34). The van der Waals surface area contributed by atoms with Crippen molar-refractivity contribution in [3.8, 4) is 11.3 Å². The van der Waals surface area contributed by atoms with Crippen LogP contribution in [0.2, 0.25) is 0 Å². The van der Waals surface area contributed by atoms with Crippen molar-refractivity contribution in [3.63, 3.8) is 0 Å². The number of aromatic nitrogens is 2. The number of nitrogens with zero attached hydrogens (tertiary/aromatic N) is 2. The summed E-state index contributed by atoms with van der Waals surface area (Å²) in [5, 5.41) is 6.33. The van der Waals surface area contributed by atoms with Gasteiger partial charge in [-0.2, -0.15) is 13.2 Å². The van der Waals surface area contributed by atoms with Crippen molar-refractivity contribution < 1.29 is 18.0 Å². The Kier molecular flexibility index (Phi) is 8.15. The van der Waals surface area contributed by atoms with Crippen LogP contribution in [0.15, 0.2) is 67.6 Å². The molecule has 0 aliphatic carbocycles. The van der Waals surface area contributed by atoms with E-state index in [9.17, 15) is 18.0 Å². The molecule has 0 radical (unpaired) electrons. The van der Waals surface area contributed by atoms with Crippen LogP contribution in [-0.2, 0) is 17.5 Å². The van der Waals surface area contributed by atoms with Crippen LogP contribution in [0.1, 0.15) is 44.2 Å². The smallest absolute Gasteiger partial charge is 0.382 e. The number of benzene rings is 2. The first-order chi connectivity index (χ1) is 16.2. The topological polar surface area (TPSA) is 59.0 Å². The molecule has 1 atom stereocenters. The lowest BCUT2D eigenvalue weighted by Crippen LogP contribution is -2.18. The van der Waals surface area contributed by atoms with E-state index in [-0.39, 0.29) is 18.5 Å². The SMILES string of the molecule is C=CC(=O)Nc1ccc(NC(CC)CCC)c(-c2cn(Cc3cccc(C(F)(F)F)c3)cn2)c1. The fourth-order valence-corrected chi connectivity index (χ4v) is 3.74. The second-order valence-corrected chi connectivity index (χ2v) is 8.12. The fourth-order valence-electron chi connectivity index (χ4n) is 3.74. The molecule has 2 N–H and O–H groups in total. The molecule has 0 saturated heterocycles. The Morgan fingerprint density at radius 2 is 2.00 bits per heavy atom. The Morgan fingerprint density at radius 1 is 1.21 bits per heavy atom. The van der Waals surface area contributed by atoms with Crippen LogP contribution in [0.4, 0.5) is 24.5 Å². The summed E-state index contributed by atoms with van der Waals surface area (Å²) in [6.45, 7) is 7.98. The normalized spacial score (nSPS) is 12.3. The predicted molar refractivity (Wildman–Crippen MR) is 130 cm³/mol. The van der Waals surface area contributed by atoms with Crippen molar-refractivity contribution in [2.24, 2.45) is 0 Å². The van der Waals surface area contributed by atoms with Crippen LogP contribution >= 0.6 is 0 Å². The maximum absolute atomic E-state index is 13.1. The summed E-state index contributed by atoms with van der Waals surface area (Å²) in [5.41, 5.74) is 2.76. The number of halogens is 3. The van der Waals surface area contributed by atoms with Gasteiger partial charge in [-0.3, -0.25) is 4.79 Å². The van der Waals surface area contributed by atoms with E-state index in [4.69, 9.17) is 0 Å². The van der Waals surface area contributed by atoms with Gasteiger partial charge in [0.25, 0.3) is 0 Å². The molecule has 1 amide bonds. The number of alkyl halides is 3. The number of carbonyl (C=O) groups is 1. The Morgan fingerprint density at radius 3 is 2.68 bits per heavy atom. The third kappa shape index (κ3) is 6.50. The summed E-state index contributed by atoms with van der Waals surface area (Å²) >= 11 is 0. The maximum Gasteiger partial charge on any atom is 0.416 e. The molecule has 3 aromatic rings. The molecule has 2 aromatic carbocycles. The van der Waals surface area contributed by atoms with Gasteiger partial charge in [-0.15, -0.1) is 0 Å². The summed E-state index contributed by atoms with van der Waals surface area (Å²) < 4.78 is 40.9. The van der Waals surface area contributed by atoms with Crippen LogP contribution in [0, 0.1) is 0 Å². The van der Waals surface area contributed by atoms with Crippen LogP contribution in [-0.4, -0.2) is 21.5 Å². The number of anilines is 2. The zero-order chi connectivity index (χ0) is 24.7. The molecule has 0 saturated carbocycles. The highest BCUT2D eigenvalue weighted by molar-refractivity contribution is 5.99. The van der Waals surface area contributed by atoms with Gasteiger partial charge < -0.3 is 15.2 Å². The number of amides is 1. The summed E-state index contributed by atoms with van der Waals surface area (Å²) in [5.74, 6) is -0.320. The Labute approximate surface area is 197 Å². The summed E-state index contributed by atoms with van der Waals surface area (Å²) in [7, 11) is 0. The minimum atomic E-state index is -4.39. The molecule has 1 heterocycles. The van der Waals surface area contributed by atoms with Gasteiger partial charge in [-0.05, 0) is 54.8 Å². The van der Waals surface area contributed by atoms with Gasteiger partial charge in [-0.25, -0.2) is 4.98 Å². The third-order valence-corrected chi connectivity index (χ3v) is 5.49. The molecule has 3 rings (SSSR count). The quantitative estimate of drug-likeness (QED) is 0.323. The maximum atomic E-state index is 13.1. The van der Waals surface area contributed by atoms with Gasteiger partial charge in [0.05, 0.1) is 17.6 Å². The van der Waals surface area contributed by atoms with Crippen LogP contribution in [0.25, 0.3) is 11.3 Å². The average molecular weight is 471 g/mol. The summed E-state index contributed by atoms with van der Waals surface area (Å²) in [6.07, 6.45) is 3.20. The number of imidazole rings is 1. The molecule has 34 heavy (non-hydrogen) atoms. The molecule has 1 unspecified atom stereocenters. The lowest BCUT2D eigenvalue weighted by Gasteiger charge is -2.20. The second kappa shape index (κ2) is 11.0. The Balaban J connectivity index is 1.92. The van der Waals surface area contributed by atoms with Crippen LogP contribution in [0.5, 0.6) is 0 Å². The highest BCUT2D eigenvalue weighted by Crippen LogP contribution is 2.32. The number of hydrogen-bond acceptors (Lipinski definition) is 3. The molecule has 0 aliphatic heterocycles. The van der Waals surface area contributed by atoms with Crippen molar-refractivity contribution in [2.45, 2.75) is 51.9 Å². The molecule has 0 fully saturated rings. The van der Waals surface area contributed by atoms with Gasteiger partial charge in [0.1, 0.15) is 0 Å². The van der Waals surface area contributed by atoms with E-state index in [0.717, 1.165) is 42.6 Å². The number of hydrogen-bond donors (Lipinski definition) is 2. The summed E-state index contributed by atoms with van der Waals surface area (Å²) in [6, 6.07) is 11.1. The molecule has 8 heteroatoms. The van der Waals surface area contributed by atoms with Gasteiger partial charge in [-0.1, -0.05) is 39.0 Å². The van der Waals surface area contributed by atoms with Crippen molar-refractivity contribution in [3.05, 3.63) is 78.8 Å². The number of rotatable bonds is 10. The fraction of sp³-hybridized carbons (Fsp3) is 0.308. The molecule has 0 bridgehead atoms. The zero-order valence-electron chi connectivity index (χ0n) is 19.3. The Bertz CT molecular complexity index is 1140. The van der Waals surface area contributed by atoms with Crippen LogP contribution in [0.3, 0.4) is 0 Å². The third-order valence-electron chi connectivity index (χ3n) is 5.49. The first kappa shape index (κ1) is 25.1. The van der Waals surface area contributed by atoms with E-state index in [1.54, 1.807) is 23.2 Å².